The van der Waals surface area contributed by atoms with E-state index in [0.717, 1.165) is 10.4 Å². The Morgan fingerprint density at radius 3 is 2.61 bits per heavy atom. The average Bonchev–Trinajstić information content (AvgIpc) is 3.21. The fourth-order valence-electron chi connectivity index (χ4n) is 3.69. The predicted octanol–water partition coefficient (Wildman–Crippen LogP) is 4.20. The van der Waals surface area contributed by atoms with Gasteiger partial charge < -0.3 is 19.7 Å². The maximum Gasteiger partial charge on any atom is 0.346 e. The molecule has 0 saturated heterocycles. The van der Waals surface area contributed by atoms with E-state index in [1.54, 1.807) is 38.3 Å². The van der Waals surface area contributed by atoms with Gasteiger partial charge in [0, 0.05) is 28.3 Å². The molecular weight excluding hydrogens is 380 g/mol. The van der Waals surface area contributed by atoms with Gasteiger partial charge in [0.15, 0.2) is 0 Å². The monoisotopic (exact) mass is 398 g/mol. The Kier molecular flexibility index (Phi) is 4.43. The first-order chi connectivity index (χ1) is 13.4. The lowest BCUT2D eigenvalue weighted by Crippen LogP contribution is -2.23. The summed E-state index contributed by atoms with van der Waals surface area (Å²) in [5.74, 6) is -0.175. The van der Waals surface area contributed by atoms with Gasteiger partial charge in [0.25, 0.3) is 0 Å². The van der Waals surface area contributed by atoms with E-state index in [2.05, 4.69) is 10.5 Å². The zero-order chi connectivity index (χ0) is 20.0. The van der Waals surface area contributed by atoms with E-state index in [1.807, 2.05) is 6.92 Å². The Bertz CT molecular complexity index is 1060. The number of aryl methyl sites for hydroxylation is 2. The summed E-state index contributed by atoms with van der Waals surface area (Å²) in [6.45, 7) is 3.63. The Labute approximate surface area is 164 Å². The molecule has 1 aromatic carbocycles. The molecule has 4 rings (SSSR count). The summed E-state index contributed by atoms with van der Waals surface area (Å²) in [5.41, 5.74) is 3.32. The second-order valence-electron chi connectivity index (χ2n) is 6.62. The number of carboxylic acid groups (broad SMARTS) is 1. The third-order valence-electron chi connectivity index (χ3n) is 4.92. The van der Waals surface area contributed by atoms with Crippen LogP contribution in [0.2, 0.25) is 0 Å². The Morgan fingerprint density at radius 2 is 2.04 bits per heavy atom. The van der Waals surface area contributed by atoms with Gasteiger partial charge in [-0.1, -0.05) is 17.3 Å². The fraction of sp³-hybridized carbons (Fsp3) is 0.250. The number of hydrogen-bond donors (Lipinski definition) is 2. The lowest BCUT2D eigenvalue weighted by atomic mass is 9.87. The topological polar surface area (TPSA) is 102 Å². The van der Waals surface area contributed by atoms with Gasteiger partial charge >= 0.3 is 5.97 Å². The van der Waals surface area contributed by atoms with Gasteiger partial charge in [-0.25, -0.2) is 4.79 Å². The number of fused-ring (bicyclic) bond motifs is 1. The molecule has 0 fully saturated rings. The van der Waals surface area contributed by atoms with Gasteiger partial charge in [0.05, 0.1) is 18.5 Å². The van der Waals surface area contributed by atoms with E-state index in [4.69, 9.17) is 9.26 Å². The van der Waals surface area contributed by atoms with Crippen LogP contribution >= 0.6 is 11.3 Å². The van der Waals surface area contributed by atoms with E-state index in [9.17, 15) is 14.7 Å². The number of nitrogens with one attached hydrogen (secondary N) is 1. The standard InChI is InChI=1S/C20H18N2O5S/c1-9-15(10(2)27-22-9)13-8-14(23)21-17-16(19(20(24)25)28-18(13)17)11-4-6-12(26-3)7-5-11/h4-7,13H,8H2,1-3H3,(H,21,23)(H,24,25)/t13-/m0/s1. The maximum absolute atomic E-state index is 12.5. The minimum atomic E-state index is -1.03. The van der Waals surface area contributed by atoms with Crippen molar-refractivity contribution < 1.29 is 24.0 Å². The number of benzene rings is 1. The van der Waals surface area contributed by atoms with Crippen LogP contribution in [0, 0.1) is 13.8 Å². The highest BCUT2D eigenvalue weighted by Crippen LogP contribution is 2.50. The van der Waals surface area contributed by atoms with Crippen molar-refractivity contribution in [3.8, 4) is 16.9 Å². The summed E-state index contributed by atoms with van der Waals surface area (Å²) in [7, 11) is 1.57. The molecule has 3 heterocycles. The highest BCUT2D eigenvalue weighted by Gasteiger charge is 2.36. The van der Waals surface area contributed by atoms with E-state index >= 15 is 0 Å². The van der Waals surface area contributed by atoms with Crippen LogP contribution in [0.25, 0.3) is 11.1 Å². The van der Waals surface area contributed by atoms with Crippen LogP contribution in [0.3, 0.4) is 0 Å². The van der Waals surface area contributed by atoms with E-state index in [0.29, 0.717) is 34.0 Å². The number of aromatic carboxylic acids is 1. The third kappa shape index (κ3) is 2.86. The summed E-state index contributed by atoms with van der Waals surface area (Å²) < 4.78 is 10.5. The number of aromatic nitrogens is 1. The summed E-state index contributed by atoms with van der Waals surface area (Å²) >= 11 is 1.19. The highest BCUT2D eigenvalue weighted by atomic mass is 32.1. The van der Waals surface area contributed by atoms with Crippen molar-refractivity contribution in [3.05, 3.63) is 51.0 Å². The molecule has 7 nitrogen and oxygen atoms in total. The summed E-state index contributed by atoms with van der Waals surface area (Å²) in [6, 6.07) is 7.11. The van der Waals surface area contributed by atoms with Crippen molar-refractivity contribution >= 4 is 28.9 Å². The maximum atomic E-state index is 12.5. The molecule has 1 aliphatic rings. The van der Waals surface area contributed by atoms with Crippen LogP contribution in [0.1, 0.15) is 43.9 Å². The van der Waals surface area contributed by atoms with Crippen molar-refractivity contribution in [1.82, 2.24) is 5.16 Å². The molecule has 0 spiro atoms. The number of rotatable bonds is 4. The minimum absolute atomic E-state index is 0.165. The van der Waals surface area contributed by atoms with Gasteiger partial charge in [-0.3, -0.25) is 4.79 Å². The van der Waals surface area contributed by atoms with E-state index < -0.39 is 5.97 Å². The lowest BCUT2D eigenvalue weighted by molar-refractivity contribution is -0.116. The molecule has 1 amide bonds. The first-order valence-electron chi connectivity index (χ1n) is 8.67. The average molecular weight is 398 g/mol. The molecule has 8 heteroatoms. The number of carboxylic acids is 1. The quantitative estimate of drug-likeness (QED) is 0.683. The first-order valence-corrected chi connectivity index (χ1v) is 9.49. The van der Waals surface area contributed by atoms with Gasteiger partial charge in [-0.2, -0.15) is 0 Å². The number of carbonyl (C=O) groups excluding carboxylic acids is 1. The molecule has 0 bridgehead atoms. The number of anilines is 1. The molecular formula is C20H18N2O5S. The van der Waals surface area contributed by atoms with Gasteiger partial charge in [0.1, 0.15) is 16.4 Å². The Hall–Kier alpha value is -3.13. The second-order valence-corrected chi connectivity index (χ2v) is 7.67. The molecule has 0 aliphatic carbocycles. The molecule has 28 heavy (non-hydrogen) atoms. The van der Waals surface area contributed by atoms with Crippen molar-refractivity contribution in [2.75, 3.05) is 12.4 Å². The molecule has 0 unspecified atom stereocenters. The van der Waals surface area contributed by atoms with Gasteiger partial charge in [-0.15, -0.1) is 11.3 Å². The van der Waals surface area contributed by atoms with Gasteiger partial charge in [-0.05, 0) is 31.5 Å². The smallest absolute Gasteiger partial charge is 0.346 e. The number of carbonyl (C=O) groups is 2. The predicted molar refractivity (Wildman–Crippen MR) is 104 cm³/mol. The number of thiophene rings is 1. The van der Waals surface area contributed by atoms with Crippen LogP contribution in [0.5, 0.6) is 5.75 Å². The Morgan fingerprint density at radius 1 is 1.32 bits per heavy atom. The molecule has 0 radical (unpaired) electrons. The minimum Gasteiger partial charge on any atom is -0.497 e. The molecule has 1 atom stereocenters. The largest absolute Gasteiger partial charge is 0.497 e. The van der Waals surface area contributed by atoms with Crippen molar-refractivity contribution in [1.29, 1.82) is 0 Å². The fourth-order valence-corrected chi connectivity index (χ4v) is 4.92. The lowest BCUT2D eigenvalue weighted by Gasteiger charge is -2.23. The van der Waals surface area contributed by atoms with Crippen LogP contribution in [0.15, 0.2) is 28.8 Å². The second kappa shape index (κ2) is 6.79. The zero-order valence-electron chi connectivity index (χ0n) is 15.5. The number of amides is 1. The SMILES string of the molecule is COc1ccc(-c2c(C(=O)O)sc3c2NC(=O)C[C@H]3c2c(C)noc2C)cc1. The van der Waals surface area contributed by atoms with Crippen molar-refractivity contribution in [3.63, 3.8) is 0 Å². The molecule has 144 valence electrons. The Balaban J connectivity index is 1.94. The zero-order valence-corrected chi connectivity index (χ0v) is 16.3. The third-order valence-corrected chi connectivity index (χ3v) is 6.21. The number of hydrogen-bond acceptors (Lipinski definition) is 6. The molecule has 3 aromatic rings. The van der Waals surface area contributed by atoms with Crippen LogP contribution in [0.4, 0.5) is 5.69 Å². The van der Waals surface area contributed by atoms with Crippen molar-refractivity contribution in [2.45, 2.75) is 26.2 Å². The van der Waals surface area contributed by atoms with E-state index in [-0.39, 0.29) is 23.1 Å². The molecule has 1 aliphatic heterocycles. The molecule has 2 N–H and O–H groups in total. The summed E-state index contributed by atoms with van der Waals surface area (Å²) in [6.07, 6.45) is 0.220. The normalized spacial score (nSPS) is 15.8. The highest BCUT2D eigenvalue weighted by molar-refractivity contribution is 7.15. The van der Waals surface area contributed by atoms with Gasteiger partial charge in [0.2, 0.25) is 5.91 Å². The number of methoxy groups -OCH3 is 1. The molecule has 0 saturated carbocycles. The first kappa shape index (κ1) is 18.2. The number of ether oxygens (including phenoxy) is 1. The van der Waals surface area contributed by atoms with Crippen LogP contribution in [-0.2, 0) is 4.79 Å². The van der Waals surface area contributed by atoms with Crippen LogP contribution < -0.4 is 10.1 Å². The van der Waals surface area contributed by atoms with E-state index in [1.165, 1.54) is 11.3 Å². The number of nitrogens with zero attached hydrogens (tertiary/aromatic N) is 1. The summed E-state index contributed by atoms with van der Waals surface area (Å²) in [5, 5.41) is 16.7. The van der Waals surface area contributed by atoms with Crippen LogP contribution in [-0.4, -0.2) is 29.2 Å². The van der Waals surface area contributed by atoms with Crippen molar-refractivity contribution in [2.24, 2.45) is 0 Å². The summed E-state index contributed by atoms with van der Waals surface area (Å²) in [4.78, 5) is 25.5. The molecule has 2 aromatic heterocycles.